The van der Waals surface area contributed by atoms with Crippen LogP contribution in [-0.4, -0.2) is 66.8 Å². The Morgan fingerprint density at radius 3 is 2.24 bits per heavy atom. The lowest BCUT2D eigenvalue weighted by Crippen LogP contribution is -2.52. The van der Waals surface area contributed by atoms with E-state index >= 15 is 0 Å². The molecule has 0 radical (unpaired) electrons. The lowest BCUT2D eigenvalue weighted by molar-refractivity contribution is 0.0263. The van der Waals surface area contributed by atoms with E-state index in [1.807, 2.05) is 4.90 Å². The molecule has 0 bridgehead atoms. The molecule has 0 amide bonds. The highest BCUT2D eigenvalue weighted by Crippen LogP contribution is 2.11. The van der Waals surface area contributed by atoms with Crippen LogP contribution in [0.15, 0.2) is 0 Å². The van der Waals surface area contributed by atoms with Crippen molar-refractivity contribution in [3.05, 3.63) is 0 Å². The molecule has 0 unspecified atom stereocenters. The molecular formula is C10H19N3O3S. The Labute approximate surface area is 102 Å². The first-order valence-corrected chi connectivity index (χ1v) is 7.15. The Bertz CT molecular complexity index is 386. The monoisotopic (exact) mass is 261 g/mol. The third-order valence-corrected chi connectivity index (χ3v) is 4.23. The molecule has 1 saturated heterocycles. The van der Waals surface area contributed by atoms with Gasteiger partial charge in [0.2, 0.25) is 10.0 Å². The quantitative estimate of drug-likeness (QED) is 0.718. The number of nitriles is 1. The maximum Gasteiger partial charge on any atom is 0.227 e. The van der Waals surface area contributed by atoms with Crippen LogP contribution in [0.25, 0.3) is 0 Å². The highest BCUT2D eigenvalue weighted by molar-refractivity contribution is 7.89. The summed E-state index contributed by atoms with van der Waals surface area (Å²) in [5.41, 5.74) is -0.770. The molecule has 17 heavy (non-hydrogen) atoms. The number of hydrogen-bond donors (Lipinski definition) is 1. The number of β-amino-alcohol motifs (C(OH)–C–C–N with tert-alkyl or cyclic N) is 1. The second-order valence-corrected chi connectivity index (χ2v) is 6.87. The minimum absolute atomic E-state index is 0.389. The maximum absolute atomic E-state index is 11.6. The van der Waals surface area contributed by atoms with Gasteiger partial charge in [-0.2, -0.15) is 9.57 Å². The van der Waals surface area contributed by atoms with Gasteiger partial charge in [0.25, 0.3) is 0 Å². The van der Waals surface area contributed by atoms with Gasteiger partial charge in [-0.25, -0.2) is 8.42 Å². The van der Waals surface area contributed by atoms with E-state index in [0.717, 1.165) is 0 Å². The van der Waals surface area contributed by atoms with Crippen LogP contribution in [0.4, 0.5) is 0 Å². The van der Waals surface area contributed by atoms with Gasteiger partial charge < -0.3 is 5.11 Å². The number of aliphatic hydroxyl groups is 1. The fourth-order valence-corrected chi connectivity index (χ4v) is 2.95. The minimum Gasteiger partial charge on any atom is -0.389 e. The number of nitrogens with zero attached hydrogens (tertiary/aromatic N) is 3. The highest BCUT2D eigenvalue weighted by Gasteiger charge is 2.28. The standard InChI is InChI=1S/C10H19N3O3S/c1-10(2,14)9-12-4-6-13(7-5-12)17(15,16)8-3-11/h14H,4-9H2,1-2H3. The van der Waals surface area contributed by atoms with Crippen LogP contribution in [0.2, 0.25) is 0 Å². The van der Waals surface area contributed by atoms with Gasteiger partial charge >= 0.3 is 0 Å². The maximum atomic E-state index is 11.6. The van der Waals surface area contributed by atoms with Crippen molar-refractivity contribution in [3.8, 4) is 6.07 Å². The Kier molecular flexibility index (Phi) is 4.49. The zero-order valence-corrected chi connectivity index (χ0v) is 11.1. The molecule has 0 aliphatic carbocycles. The van der Waals surface area contributed by atoms with Crippen LogP contribution in [0.3, 0.4) is 0 Å². The Morgan fingerprint density at radius 2 is 1.82 bits per heavy atom. The van der Waals surface area contributed by atoms with E-state index in [9.17, 15) is 13.5 Å². The van der Waals surface area contributed by atoms with Gasteiger partial charge in [-0.3, -0.25) is 4.90 Å². The molecular weight excluding hydrogens is 242 g/mol. The minimum atomic E-state index is -3.42. The zero-order valence-electron chi connectivity index (χ0n) is 10.3. The first kappa shape index (κ1) is 14.4. The summed E-state index contributed by atoms with van der Waals surface area (Å²) in [7, 11) is -3.42. The van der Waals surface area contributed by atoms with Gasteiger partial charge in [0, 0.05) is 32.7 Å². The predicted molar refractivity (Wildman–Crippen MR) is 63.7 cm³/mol. The molecule has 0 aromatic heterocycles. The Balaban J connectivity index is 2.50. The summed E-state index contributed by atoms with van der Waals surface area (Å²) in [6.07, 6.45) is 0. The summed E-state index contributed by atoms with van der Waals surface area (Å²) in [4.78, 5) is 2.03. The largest absolute Gasteiger partial charge is 0.389 e. The van der Waals surface area contributed by atoms with Gasteiger partial charge in [0.1, 0.15) is 0 Å². The summed E-state index contributed by atoms with van der Waals surface area (Å²) in [6.45, 7) is 5.94. The predicted octanol–water partition coefficient (Wildman–Crippen LogP) is -0.772. The number of piperazine rings is 1. The molecule has 6 nitrogen and oxygen atoms in total. The average Bonchev–Trinajstić information content (AvgIpc) is 2.15. The third kappa shape index (κ3) is 4.60. The van der Waals surface area contributed by atoms with Crippen molar-refractivity contribution in [2.45, 2.75) is 19.4 Å². The van der Waals surface area contributed by atoms with E-state index in [1.54, 1.807) is 19.9 Å². The van der Waals surface area contributed by atoms with Crippen molar-refractivity contribution in [2.75, 3.05) is 38.5 Å². The normalized spacial score (nSPS) is 20.1. The molecule has 0 saturated carbocycles. The van der Waals surface area contributed by atoms with Crippen molar-refractivity contribution in [3.63, 3.8) is 0 Å². The van der Waals surface area contributed by atoms with Crippen molar-refractivity contribution >= 4 is 10.0 Å². The average molecular weight is 261 g/mol. The first-order valence-electron chi connectivity index (χ1n) is 5.54. The van der Waals surface area contributed by atoms with E-state index in [-0.39, 0.29) is 0 Å². The number of sulfonamides is 1. The van der Waals surface area contributed by atoms with Crippen LogP contribution in [0.1, 0.15) is 13.8 Å². The zero-order chi connectivity index (χ0) is 13.1. The summed E-state index contributed by atoms with van der Waals surface area (Å²) in [5.74, 6) is -0.460. The molecule has 1 heterocycles. The molecule has 98 valence electrons. The molecule has 1 rings (SSSR count). The van der Waals surface area contributed by atoms with Gasteiger partial charge in [-0.05, 0) is 13.8 Å². The van der Waals surface area contributed by atoms with E-state index in [2.05, 4.69) is 0 Å². The van der Waals surface area contributed by atoms with E-state index in [1.165, 1.54) is 4.31 Å². The van der Waals surface area contributed by atoms with Crippen molar-refractivity contribution in [2.24, 2.45) is 0 Å². The highest BCUT2D eigenvalue weighted by atomic mass is 32.2. The number of hydrogen-bond acceptors (Lipinski definition) is 5. The summed E-state index contributed by atoms with van der Waals surface area (Å²) in [6, 6.07) is 1.67. The third-order valence-electron chi connectivity index (χ3n) is 2.58. The van der Waals surface area contributed by atoms with Crippen molar-refractivity contribution in [1.82, 2.24) is 9.21 Å². The van der Waals surface area contributed by atoms with Crippen LogP contribution in [-0.2, 0) is 10.0 Å². The van der Waals surface area contributed by atoms with E-state index in [0.29, 0.717) is 32.7 Å². The van der Waals surface area contributed by atoms with Gasteiger partial charge in [-0.15, -0.1) is 0 Å². The second kappa shape index (κ2) is 5.31. The molecule has 7 heteroatoms. The van der Waals surface area contributed by atoms with Gasteiger partial charge in [0.15, 0.2) is 5.75 Å². The molecule has 0 spiro atoms. The van der Waals surface area contributed by atoms with Crippen molar-refractivity contribution in [1.29, 1.82) is 5.26 Å². The summed E-state index contributed by atoms with van der Waals surface area (Å²) in [5, 5.41) is 18.1. The SMILES string of the molecule is CC(C)(O)CN1CCN(S(=O)(=O)CC#N)CC1. The lowest BCUT2D eigenvalue weighted by Gasteiger charge is -2.36. The molecule has 0 atom stereocenters. The molecule has 1 N–H and O–H groups in total. The fraction of sp³-hybridized carbons (Fsp3) is 0.900. The van der Waals surface area contributed by atoms with E-state index < -0.39 is 21.4 Å². The van der Waals surface area contributed by atoms with Gasteiger partial charge in [0.05, 0.1) is 11.7 Å². The van der Waals surface area contributed by atoms with E-state index in [4.69, 9.17) is 5.26 Å². The molecule has 1 fully saturated rings. The topological polar surface area (TPSA) is 84.6 Å². The van der Waals surface area contributed by atoms with Crippen LogP contribution in [0, 0.1) is 11.3 Å². The Morgan fingerprint density at radius 1 is 1.29 bits per heavy atom. The molecule has 1 aliphatic rings. The fourth-order valence-electron chi connectivity index (χ4n) is 1.89. The molecule has 0 aromatic carbocycles. The summed E-state index contributed by atoms with van der Waals surface area (Å²) < 4.78 is 24.6. The smallest absolute Gasteiger partial charge is 0.227 e. The molecule has 0 aromatic rings. The van der Waals surface area contributed by atoms with Crippen LogP contribution >= 0.6 is 0 Å². The van der Waals surface area contributed by atoms with Gasteiger partial charge in [-0.1, -0.05) is 0 Å². The summed E-state index contributed by atoms with van der Waals surface area (Å²) >= 11 is 0. The second-order valence-electron chi connectivity index (χ2n) is 4.90. The van der Waals surface area contributed by atoms with Crippen LogP contribution in [0.5, 0.6) is 0 Å². The Hall–Kier alpha value is -0.680. The first-order chi connectivity index (χ1) is 7.74. The molecule has 1 aliphatic heterocycles. The lowest BCUT2D eigenvalue weighted by atomic mass is 10.1. The van der Waals surface area contributed by atoms with Crippen molar-refractivity contribution < 1.29 is 13.5 Å². The van der Waals surface area contributed by atoms with Crippen LogP contribution < -0.4 is 0 Å². The number of rotatable bonds is 4.